The van der Waals surface area contributed by atoms with Gasteiger partial charge in [-0.3, -0.25) is 4.90 Å². The molecule has 3 fully saturated rings. The molecule has 3 saturated heterocycles. The van der Waals surface area contributed by atoms with Crippen molar-refractivity contribution in [2.24, 2.45) is 5.92 Å². The van der Waals surface area contributed by atoms with Crippen LogP contribution in [0.2, 0.25) is 0 Å². The zero-order chi connectivity index (χ0) is 8.18. The summed E-state index contributed by atoms with van der Waals surface area (Å²) in [4.78, 5) is 2.49. The second-order valence-electron chi connectivity index (χ2n) is 4.28. The monoisotopic (exact) mass is 169 g/mol. The lowest BCUT2D eigenvalue weighted by molar-refractivity contribution is -0.0916. The Labute approximate surface area is 72.6 Å². The number of piperidine rings is 1. The molecule has 0 N–H and O–H groups in total. The molecule has 0 amide bonds. The number of hydrogen-bond acceptors (Lipinski definition) is 3. The van der Waals surface area contributed by atoms with E-state index in [0.29, 0.717) is 0 Å². The van der Waals surface area contributed by atoms with Crippen molar-refractivity contribution in [1.82, 2.24) is 4.90 Å². The third-order valence-corrected chi connectivity index (χ3v) is 3.47. The minimum atomic E-state index is 0.0190. The minimum absolute atomic E-state index is 0.0190. The summed E-state index contributed by atoms with van der Waals surface area (Å²) in [5.41, 5.74) is 0.0810. The van der Waals surface area contributed by atoms with Gasteiger partial charge in [-0.25, -0.2) is 0 Å². The largest absolute Gasteiger partial charge is 0.350 e. The van der Waals surface area contributed by atoms with Gasteiger partial charge in [0, 0.05) is 19.0 Å². The van der Waals surface area contributed by atoms with E-state index in [1.807, 2.05) is 6.92 Å². The molecule has 0 saturated carbocycles. The Kier molecular flexibility index (Phi) is 1.35. The summed E-state index contributed by atoms with van der Waals surface area (Å²) in [6.07, 6.45) is 1.32. The molecule has 3 unspecified atom stereocenters. The SMILES string of the molecule is CC1OC[C@@]2(CN3CCC2C3)O1. The van der Waals surface area contributed by atoms with Gasteiger partial charge in [-0.15, -0.1) is 0 Å². The van der Waals surface area contributed by atoms with Crippen LogP contribution in [0.3, 0.4) is 0 Å². The first-order chi connectivity index (χ1) is 5.78. The van der Waals surface area contributed by atoms with Gasteiger partial charge >= 0.3 is 0 Å². The summed E-state index contributed by atoms with van der Waals surface area (Å²) in [5.74, 6) is 0.738. The van der Waals surface area contributed by atoms with E-state index in [-0.39, 0.29) is 11.9 Å². The van der Waals surface area contributed by atoms with Crippen molar-refractivity contribution < 1.29 is 9.47 Å². The second kappa shape index (κ2) is 2.22. The standard InChI is InChI=1S/C9H15NO2/c1-7-11-6-9(12-7)5-10-3-2-8(9)4-10/h7-8H,2-6H2,1H3/t7?,8?,9-/m1/s1. The lowest BCUT2D eigenvalue weighted by atomic mass is 9.88. The maximum atomic E-state index is 5.88. The van der Waals surface area contributed by atoms with Gasteiger partial charge in [0.15, 0.2) is 6.29 Å². The van der Waals surface area contributed by atoms with Crippen LogP contribution in [-0.2, 0) is 9.47 Å². The molecule has 3 heterocycles. The van der Waals surface area contributed by atoms with Gasteiger partial charge in [-0.05, 0) is 19.9 Å². The van der Waals surface area contributed by atoms with E-state index in [2.05, 4.69) is 4.90 Å². The Morgan fingerprint density at radius 2 is 2.42 bits per heavy atom. The molecule has 3 nitrogen and oxygen atoms in total. The lowest BCUT2D eigenvalue weighted by Gasteiger charge is -2.31. The maximum absolute atomic E-state index is 5.88. The molecule has 4 atom stereocenters. The van der Waals surface area contributed by atoms with Crippen molar-refractivity contribution in [3.63, 3.8) is 0 Å². The Bertz CT molecular complexity index is 205. The second-order valence-corrected chi connectivity index (χ2v) is 4.28. The molecule has 0 aliphatic carbocycles. The van der Waals surface area contributed by atoms with Gasteiger partial charge in [0.05, 0.1) is 6.61 Å². The highest BCUT2D eigenvalue weighted by Crippen LogP contribution is 2.42. The van der Waals surface area contributed by atoms with Crippen LogP contribution in [0.15, 0.2) is 0 Å². The smallest absolute Gasteiger partial charge is 0.155 e. The number of fused-ring (bicyclic) bond motifs is 3. The predicted octanol–water partition coefficient (Wildman–Crippen LogP) is 0.453. The van der Waals surface area contributed by atoms with Gasteiger partial charge < -0.3 is 9.47 Å². The molecule has 3 aliphatic rings. The van der Waals surface area contributed by atoms with Gasteiger partial charge in [-0.2, -0.15) is 0 Å². The molecule has 68 valence electrons. The first-order valence-corrected chi connectivity index (χ1v) is 4.80. The topological polar surface area (TPSA) is 21.7 Å². The van der Waals surface area contributed by atoms with Crippen molar-refractivity contribution in [3.8, 4) is 0 Å². The highest BCUT2D eigenvalue weighted by molar-refractivity contribution is 5.05. The highest BCUT2D eigenvalue weighted by atomic mass is 16.7. The van der Waals surface area contributed by atoms with Crippen LogP contribution in [0.25, 0.3) is 0 Å². The molecular formula is C9H15NO2. The van der Waals surface area contributed by atoms with Gasteiger partial charge in [-0.1, -0.05) is 0 Å². The molecule has 0 aromatic heterocycles. The number of rotatable bonds is 0. The molecule has 12 heavy (non-hydrogen) atoms. The molecule has 0 aromatic carbocycles. The van der Waals surface area contributed by atoms with E-state index in [1.54, 1.807) is 0 Å². The summed E-state index contributed by atoms with van der Waals surface area (Å²) in [6, 6.07) is 0. The normalized spacial score (nSPS) is 57.2. The maximum Gasteiger partial charge on any atom is 0.155 e. The quantitative estimate of drug-likeness (QED) is 0.525. The van der Waals surface area contributed by atoms with Crippen LogP contribution >= 0.6 is 0 Å². The minimum Gasteiger partial charge on any atom is -0.350 e. The number of hydrogen-bond donors (Lipinski definition) is 0. The van der Waals surface area contributed by atoms with Crippen molar-refractivity contribution in [2.75, 3.05) is 26.2 Å². The Morgan fingerprint density at radius 1 is 1.50 bits per heavy atom. The van der Waals surface area contributed by atoms with Crippen molar-refractivity contribution in [1.29, 1.82) is 0 Å². The molecule has 3 heteroatoms. The molecular weight excluding hydrogens is 154 g/mol. The van der Waals surface area contributed by atoms with Crippen LogP contribution in [-0.4, -0.2) is 43.0 Å². The molecule has 3 aliphatic heterocycles. The van der Waals surface area contributed by atoms with E-state index in [0.717, 1.165) is 19.1 Å². The first-order valence-electron chi connectivity index (χ1n) is 4.80. The van der Waals surface area contributed by atoms with E-state index >= 15 is 0 Å². The van der Waals surface area contributed by atoms with Crippen LogP contribution in [0, 0.1) is 5.92 Å². The third kappa shape index (κ3) is 0.817. The average Bonchev–Trinajstić information content (AvgIpc) is 2.67. The Morgan fingerprint density at radius 3 is 2.92 bits per heavy atom. The van der Waals surface area contributed by atoms with Gasteiger partial charge in [0.25, 0.3) is 0 Å². The first kappa shape index (κ1) is 7.30. The van der Waals surface area contributed by atoms with Crippen molar-refractivity contribution in [2.45, 2.75) is 25.2 Å². The molecule has 2 bridgehead atoms. The summed E-state index contributed by atoms with van der Waals surface area (Å²) < 4.78 is 11.4. The van der Waals surface area contributed by atoms with Crippen molar-refractivity contribution in [3.05, 3.63) is 0 Å². The zero-order valence-electron chi connectivity index (χ0n) is 7.45. The fourth-order valence-electron chi connectivity index (χ4n) is 2.87. The highest BCUT2D eigenvalue weighted by Gasteiger charge is 2.54. The average molecular weight is 169 g/mol. The Balaban J connectivity index is 1.84. The van der Waals surface area contributed by atoms with E-state index in [1.165, 1.54) is 19.5 Å². The summed E-state index contributed by atoms with van der Waals surface area (Å²) in [5, 5.41) is 0. The number of ether oxygens (including phenoxy) is 2. The third-order valence-electron chi connectivity index (χ3n) is 3.47. The molecule has 0 aromatic rings. The molecule has 3 rings (SSSR count). The van der Waals surface area contributed by atoms with Crippen molar-refractivity contribution >= 4 is 0 Å². The zero-order valence-corrected chi connectivity index (χ0v) is 7.45. The predicted molar refractivity (Wildman–Crippen MR) is 43.8 cm³/mol. The molecule has 0 radical (unpaired) electrons. The fraction of sp³-hybridized carbons (Fsp3) is 1.00. The Hall–Kier alpha value is -0.120. The van der Waals surface area contributed by atoms with E-state index < -0.39 is 0 Å². The summed E-state index contributed by atoms with van der Waals surface area (Å²) >= 11 is 0. The van der Waals surface area contributed by atoms with Crippen LogP contribution in [0.5, 0.6) is 0 Å². The number of nitrogens with zero attached hydrogens (tertiary/aromatic N) is 1. The van der Waals surface area contributed by atoms with Crippen LogP contribution in [0.1, 0.15) is 13.3 Å². The van der Waals surface area contributed by atoms with E-state index in [9.17, 15) is 0 Å². The van der Waals surface area contributed by atoms with Gasteiger partial charge in [0.2, 0.25) is 0 Å². The van der Waals surface area contributed by atoms with Gasteiger partial charge in [0.1, 0.15) is 5.60 Å². The van der Waals surface area contributed by atoms with E-state index in [4.69, 9.17) is 9.47 Å². The fourth-order valence-corrected chi connectivity index (χ4v) is 2.87. The van der Waals surface area contributed by atoms with Crippen LogP contribution < -0.4 is 0 Å². The van der Waals surface area contributed by atoms with Crippen LogP contribution in [0.4, 0.5) is 0 Å². The lowest BCUT2D eigenvalue weighted by Crippen LogP contribution is -2.44. The summed E-state index contributed by atoms with van der Waals surface area (Å²) in [6.45, 7) is 6.41. The summed E-state index contributed by atoms with van der Waals surface area (Å²) in [7, 11) is 0. The molecule has 1 spiro atoms.